The quantitative estimate of drug-likeness (QED) is 0.708. The molecule has 1 N–H and O–H groups in total. The van der Waals surface area contributed by atoms with Crippen LogP contribution in [0.2, 0.25) is 0 Å². The summed E-state index contributed by atoms with van der Waals surface area (Å²) in [5.41, 5.74) is 0.989. The first kappa shape index (κ1) is 20.8. The number of amides is 2. The molecule has 7 heteroatoms. The van der Waals surface area contributed by atoms with Crippen molar-refractivity contribution in [3.05, 3.63) is 59.9 Å². The summed E-state index contributed by atoms with van der Waals surface area (Å²) in [6, 6.07) is 9.12. The number of aliphatic hydroxyl groups is 1. The molecule has 0 aliphatic carbocycles. The van der Waals surface area contributed by atoms with E-state index in [0.717, 1.165) is 10.5 Å². The maximum atomic E-state index is 13.1. The van der Waals surface area contributed by atoms with Crippen molar-refractivity contribution in [2.75, 3.05) is 13.2 Å². The minimum absolute atomic E-state index is 0.0601. The molecular formula is C22H25NO6. The average Bonchev–Trinajstić information content (AvgIpc) is 3.09. The minimum atomic E-state index is -1.00. The molecule has 1 fully saturated rings. The summed E-state index contributed by atoms with van der Waals surface area (Å²) in [4.78, 5) is 38.7. The van der Waals surface area contributed by atoms with E-state index < -0.39 is 30.1 Å². The maximum absolute atomic E-state index is 13.1. The lowest BCUT2D eigenvalue weighted by molar-refractivity contribution is -0.142. The second kappa shape index (κ2) is 9.52. The summed E-state index contributed by atoms with van der Waals surface area (Å²) < 4.78 is 10.8. The van der Waals surface area contributed by atoms with Crippen LogP contribution in [-0.2, 0) is 25.5 Å². The van der Waals surface area contributed by atoms with Crippen molar-refractivity contribution in [1.29, 1.82) is 0 Å². The van der Waals surface area contributed by atoms with Gasteiger partial charge in [-0.15, -0.1) is 0 Å². The molecule has 2 amide bonds. The Morgan fingerprint density at radius 2 is 2.03 bits per heavy atom. The fraction of sp³-hybridized carbons (Fsp3) is 0.409. The van der Waals surface area contributed by atoms with Crippen molar-refractivity contribution in [3.8, 4) is 0 Å². The lowest BCUT2D eigenvalue weighted by Gasteiger charge is -2.29. The fourth-order valence-corrected chi connectivity index (χ4v) is 3.42. The molecule has 2 aliphatic rings. The highest BCUT2D eigenvalue weighted by atomic mass is 16.6. The van der Waals surface area contributed by atoms with Gasteiger partial charge in [-0.05, 0) is 50.0 Å². The zero-order valence-corrected chi connectivity index (χ0v) is 16.3. The summed E-state index contributed by atoms with van der Waals surface area (Å²) in [6.45, 7) is 1.77. The second-order valence-corrected chi connectivity index (χ2v) is 7.16. The first-order chi connectivity index (χ1) is 14.0. The molecule has 154 valence electrons. The Labute approximate surface area is 169 Å². The van der Waals surface area contributed by atoms with Crippen LogP contribution in [-0.4, -0.2) is 53.1 Å². The van der Waals surface area contributed by atoms with Crippen molar-refractivity contribution >= 4 is 17.8 Å². The van der Waals surface area contributed by atoms with E-state index in [-0.39, 0.29) is 19.0 Å². The van der Waals surface area contributed by atoms with Gasteiger partial charge in [-0.2, -0.15) is 0 Å². The molecule has 0 unspecified atom stereocenters. The van der Waals surface area contributed by atoms with Gasteiger partial charge in [-0.3, -0.25) is 9.59 Å². The van der Waals surface area contributed by atoms with Crippen LogP contribution >= 0.6 is 0 Å². The predicted octanol–water partition coefficient (Wildman–Crippen LogP) is 2.39. The molecular weight excluding hydrogens is 374 g/mol. The Morgan fingerprint density at radius 3 is 2.76 bits per heavy atom. The normalized spacial score (nSPS) is 23.8. The number of allylic oxidation sites excluding steroid dienone is 2. The van der Waals surface area contributed by atoms with Crippen LogP contribution in [0.15, 0.2) is 54.3 Å². The standard InChI is InChI=1S/C22H25NO6/c1-15(20-19(25)11-10-18(29-20)9-5-6-12-24)21(26)23-17(14-28-22(23)27)13-16-7-3-2-4-8-16/h2-4,7-11,15,17,20,24H,5-6,12-14H2,1H3/t15-,17-,20-/m1/s1. The number of ketones is 1. The highest BCUT2D eigenvalue weighted by molar-refractivity contribution is 6.01. The van der Waals surface area contributed by atoms with E-state index >= 15 is 0 Å². The smallest absolute Gasteiger partial charge is 0.416 e. The van der Waals surface area contributed by atoms with E-state index in [0.29, 0.717) is 25.0 Å². The van der Waals surface area contributed by atoms with E-state index in [9.17, 15) is 14.4 Å². The van der Waals surface area contributed by atoms with Crippen LogP contribution in [0, 0.1) is 5.92 Å². The Balaban J connectivity index is 1.72. The topological polar surface area (TPSA) is 93.1 Å². The lowest BCUT2D eigenvalue weighted by Crippen LogP contribution is -2.48. The molecule has 1 aromatic carbocycles. The van der Waals surface area contributed by atoms with E-state index in [4.69, 9.17) is 14.6 Å². The van der Waals surface area contributed by atoms with E-state index in [1.165, 1.54) is 6.08 Å². The molecule has 2 heterocycles. The van der Waals surface area contributed by atoms with Crippen molar-refractivity contribution in [1.82, 2.24) is 4.90 Å². The highest BCUT2D eigenvalue weighted by Crippen LogP contribution is 2.25. The molecule has 0 bridgehead atoms. The predicted molar refractivity (Wildman–Crippen MR) is 105 cm³/mol. The Bertz CT molecular complexity index is 816. The van der Waals surface area contributed by atoms with Crippen molar-refractivity contribution in [2.45, 2.75) is 38.3 Å². The molecule has 1 aromatic rings. The number of cyclic esters (lactones) is 1. The van der Waals surface area contributed by atoms with Crippen molar-refractivity contribution < 1.29 is 29.0 Å². The molecule has 3 rings (SSSR count). The van der Waals surface area contributed by atoms with Crippen LogP contribution in [0.25, 0.3) is 0 Å². The first-order valence-electron chi connectivity index (χ1n) is 9.74. The Kier molecular flexibility index (Phi) is 6.82. The summed E-state index contributed by atoms with van der Waals surface area (Å²) in [7, 11) is 0. The lowest BCUT2D eigenvalue weighted by atomic mass is 9.96. The van der Waals surface area contributed by atoms with E-state index in [2.05, 4.69) is 0 Å². The molecule has 0 saturated carbocycles. The van der Waals surface area contributed by atoms with Gasteiger partial charge in [0.25, 0.3) is 0 Å². The van der Waals surface area contributed by atoms with Gasteiger partial charge < -0.3 is 14.6 Å². The molecule has 2 aliphatic heterocycles. The average molecular weight is 399 g/mol. The van der Waals surface area contributed by atoms with Crippen LogP contribution in [0.3, 0.4) is 0 Å². The Hall–Kier alpha value is -2.93. The van der Waals surface area contributed by atoms with Crippen LogP contribution in [0.4, 0.5) is 4.79 Å². The molecule has 0 spiro atoms. The highest BCUT2D eigenvalue weighted by Gasteiger charge is 2.43. The number of nitrogens with zero attached hydrogens (tertiary/aromatic N) is 1. The number of benzene rings is 1. The number of rotatable bonds is 7. The maximum Gasteiger partial charge on any atom is 0.416 e. The van der Waals surface area contributed by atoms with Gasteiger partial charge in [0.05, 0.1) is 12.0 Å². The van der Waals surface area contributed by atoms with Gasteiger partial charge in [-0.25, -0.2) is 9.69 Å². The number of aliphatic hydroxyl groups excluding tert-OH is 1. The van der Waals surface area contributed by atoms with E-state index in [1.54, 1.807) is 19.1 Å². The number of carbonyl (C=O) groups is 3. The summed E-state index contributed by atoms with van der Waals surface area (Å²) >= 11 is 0. The summed E-state index contributed by atoms with van der Waals surface area (Å²) in [6.07, 6.45) is 4.66. The zero-order valence-electron chi connectivity index (χ0n) is 16.3. The third kappa shape index (κ3) is 4.92. The van der Waals surface area contributed by atoms with Gasteiger partial charge in [-0.1, -0.05) is 30.3 Å². The molecule has 0 aromatic heterocycles. The Morgan fingerprint density at radius 1 is 1.28 bits per heavy atom. The molecule has 29 heavy (non-hydrogen) atoms. The van der Waals surface area contributed by atoms with Gasteiger partial charge in [0.2, 0.25) is 5.91 Å². The number of unbranched alkanes of at least 4 members (excludes halogenated alkanes) is 1. The minimum Gasteiger partial charge on any atom is -0.482 e. The van der Waals surface area contributed by atoms with Crippen molar-refractivity contribution in [3.63, 3.8) is 0 Å². The first-order valence-corrected chi connectivity index (χ1v) is 9.74. The van der Waals surface area contributed by atoms with Gasteiger partial charge >= 0.3 is 6.09 Å². The van der Waals surface area contributed by atoms with E-state index in [1.807, 2.05) is 30.3 Å². The number of hydrogen-bond donors (Lipinski definition) is 1. The molecule has 7 nitrogen and oxygen atoms in total. The van der Waals surface area contributed by atoms with Crippen LogP contribution in [0.5, 0.6) is 0 Å². The van der Waals surface area contributed by atoms with Gasteiger partial charge in [0.1, 0.15) is 12.4 Å². The monoisotopic (exact) mass is 399 g/mol. The third-order valence-corrected chi connectivity index (χ3v) is 5.02. The molecule has 0 radical (unpaired) electrons. The molecule has 3 atom stereocenters. The largest absolute Gasteiger partial charge is 0.482 e. The van der Waals surface area contributed by atoms with Gasteiger partial charge in [0.15, 0.2) is 11.9 Å². The number of ether oxygens (including phenoxy) is 2. The fourth-order valence-electron chi connectivity index (χ4n) is 3.42. The van der Waals surface area contributed by atoms with Crippen LogP contribution < -0.4 is 0 Å². The van der Waals surface area contributed by atoms with Crippen LogP contribution in [0.1, 0.15) is 25.3 Å². The SMILES string of the molecule is C[C@@H](C(=O)N1C(=O)OC[C@H]1Cc1ccccc1)[C@H]1OC(=CCCCO)C=CC1=O. The second-order valence-electron chi connectivity index (χ2n) is 7.16. The van der Waals surface area contributed by atoms with Crippen molar-refractivity contribution in [2.24, 2.45) is 5.92 Å². The van der Waals surface area contributed by atoms with Gasteiger partial charge in [0, 0.05) is 6.61 Å². The third-order valence-electron chi connectivity index (χ3n) is 5.02. The summed E-state index contributed by atoms with van der Waals surface area (Å²) in [5.74, 6) is -1.18. The number of hydrogen-bond acceptors (Lipinski definition) is 6. The zero-order chi connectivity index (χ0) is 20.8. The molecule has 1 saturated heterocycles. The number of carbonyl (C=O) groups excluding carboxylic acids is 3. The summed E-state index contributed by atoms with van der Waals surface area (Å²) in [5, 5.41) is 8.89. The number of imide groups is 1.